The zero-order valence-corrected chi connectivity index (χ0v) is 14.5. The van der Waals surface area contributed by atoms with Crippen LogP contribution in [0.2, 0.25) is 0 Å². The summed E-state index contributed by atoms with van der Waals surface area (Å²) in [5.41, 5.74) is -1.45. The predicted octanol–water partition coefficient (Wildman–Crippen LogP) is -0.415. The summed E-state index contributed by atoms with van der Waals surface area (Å²) < 4.78 is 36.6. The first-order valence-corrected chi connectivity index (χ1v) is 9.01. The van der Waals surface area contributed by atoms with Gasteiger partial charge in [0.1, 0.15) is 0 Å². The summed E-state index contributed by atoms with van der Waals surface area (Å²) in [7, 11) is -2.35. The largest absolute Gasteiger partial charge is 0.479 e. The fourth-order valence-electron chi connectivity index (χ4n) is 2.34. The minimum Gasteiger partial charge on any atom is -0.479 e. The third-order valence-electron chi connectivity index (χ3n) is 3.79. The molecule has 138 valence electrons. The number of hydrogen-bond acceptors (Lipinski definition) is 6. The lowest BCUT2D eigenvalue weighted by Crippen LogP contribution is -2.55. The van der Waals surface area contributed by atoms with Gasteiger partial charge in [-0.25, -0.2) is 17.9 Å². The smallest absolute Gasteiger partial charge is 0.331 e. The Morgan fingerprint density at radius 2 is 2.16 bits per heavy atom. The first-order valence-electron chi connectivity index (χ1n) is 7.53. The molecule has 1 unspecified atom stereocenters. The Bertz CT molecular complexity index is 742. The third kappa shape index (κ3) is 4.54. The van der Waals surface area contributed by atoms with Gasteiger partial charge in [0.2, 0.25) is 10.0 Å². The molecule has 1 heterocycles. The van der Waals surface area contributed by atoms with Crippen molar-refractivity contribution < 1.29 is 32.6 Å². The highest BCUT2D eigenvalue weighted by molar-refractivity contribution is 7.89. The number of amides is 1. The van der Waals surface area contributed by atoms with Crippen LogP contribution in [-0.2, 0) is 24.3 Å². The minimum atomic E-state index is -3.80. The topological polar surface area (TPSA) is 131 Å². The molecule has 1 saturated heterocycles. The maximum Gasteiger partial charge on any atom is 0.331 e. The number of hydrogen-bond donors (Lipinski definition) is 3. The van der Waals surface area contributed by atoms with Gasteiger partial charge in [0.05, 0.1) is 18.1 Å². The number of rotatable bonds is 8. The predicted molar refractivity (Wildman–Crippen MR) is 86.8 cm³/mol. The van der Waals surface area contributed by atoms with E-state index in [-0.39, 0.29) is 43.2 Å². The van der Waals surface area contributed by atoms with Gasteiger partial charge >= 0.3 is 5.97 Å². The van der Waals surface area contributed by atoms with Crippen LogP contribution < -0.4 is 10.0 Å². The zero-order chi connectivity index (χ0) is 18.5. The SMILES string of the molecule is COCCNS(=O)(=O)c1cccc(C(=O)NC2(C(=O)O)CCOC2)c1. The summed E-state index contributed by atoms with van der Waals surface area (Å²) in [6.07, 6.45) is 0.143. The highest BCUT2D eigenvalue weighted by atomic mass is 32.2. The van der Waals surface area contributed by atoms with Crippen LogP contribution >= 0.6 is 0 Å². The van der Waals surface area contributed by atoms with Gasteiger partial charge in [-0.1, -0.05) is 6.07 Å². The molecule has 0 saturated carbocycles. The monoisotopic (exact) mass is 372 g/mol. The lowest BCUT2D eigenvalue weighted by Gasteiger charge is -2.23. The first-order chi connectivity index (χ1) is 11.8. The Balaban J connectivity index is 2.17. The van der Waals surface area contributed by atoms with Crippen LogP contribution in [0.25, 0.3) is 0 Å². The summed E-state index contributed by atoms with van der Waals surface area (Å²) in [4.78, 5) is 23.7. The second kappa shape index (κ2) is 7.91. The molecular weight excluding hydrogens is 352 g/mol. The summed E-state index contributed by atoms with van der Waals surface area (Å²) >= 11 is 0. The lowest BCUT2D eigenvalue weighted by molar-refractivity contribution is -0.144. The molecule has 1 aliphatic rings. The van der Waals surface area contributed by atoms with Gasteiger partial charge in [-0.2, -0.15) is 0 Å². The number of carboxylic acid groups (broad SMARTS) is 1. The van der Waals surface area contributed by atoms with E-state index < -0.39 is 27.4 Å². The zero-order valence-electron chi connectivity index (χ0n) is 13.6. The molecule has 1 aromatic carbocycles. The van der Waals surface area contributed by atoms with Crippen molar-refractivity contribution in [2.45, 2.75) is 16.9 Å². The Morgan fingerprint density at radius 3 is 2.76 bits per heavy atom. The van der Waals surface area contributed by atoms with Crippen molar-refractivity contribution in [3.8, 4) is 0 Å². The van der Waals surface area contributed by atoms with Crippen molar-refractivity contribution in [3.05, 3.63) is 29.8 Å². The standard InChI is InChI=1S/C15H20N2O7S/c1-23-8-6-16-25(21,22)12-4-2-3-11(9-12)13(18)17-15(14(19)20)5-7-24-10-15/h2-4,9,16H,5-8,10H2,1H3,(H,17,18)(H,19,20). The number of benzene rings is 1. The summed E-state index contributed by atoms with van der Waals surface area (Å²) in [5.74, 6) is -1.87. The Kier molecular flexibility index (Phi) is 6.11. The maximum atomic E-state index is 12.4. The highest BCUT2D eigenvalue weighted by Gasteiger charge is 2.44. The van der Waals surface area contributed by atoms with E-state index in [1.807, 2.05) is 0 Å². The van der Waals surface area contributed by atoms with Crippen LogP contribution in [0.5, 0.6) is 0 Å². The van der Waals surface area contributed by atoms with E-state index >= 15 is 0 Å². The van der Waals surface area contributed by atoms with E-state index in [1.165, 1.54) is 31.4 Å². The average molecular weight is 372 g/mol. The quantitative estimate of drug-likeness (QED) is 0.528. The van der Waals surface area contributed by atoms with Crippen molar-refractivity contribution in [3.63, 3.8) is 0 Å². The van der Waals surface area contributed by atoms with Crippen LogP contribution in [0.15, 0.2) is 29.2 Å². The van der Waals surface area contributed by atoms with Gasteiger partial charge in [-0.15, -0.1) is 0 Å². The number of methoxy groups -OCH3 is 1. The lowest BCUT2D eigenvalue weighted by atomic mass is 9.98. The normalized spacial score (nSPS) is 20.4. The molecule has 0 aromatic heterocycles. The van der Waals surface area contributed by atoms with E-state index in [0.29, 0.717) is 0 Å². The molecule has 2 rings (SSSR count). The highest BCUT2D eigenvalue weighted by Crippen LogP contribution is 2.20. The van der Waals surface area contributed by atoms with Crippen LogP contribution in [-0.4, -0.2) is 64.4 Å². The number of aliphatic carboxylic acids is 1. The summed E-state index contributed by atoms with van der Waals surface area (Å²) in [6.45, 7) is 0.393. The molecule has 9 nitrogen and oxygen atoms in total. The van der Waals surface area contributed by atoms with Crippen LogP contribution in [0, 0.1) is 0 Å². The number of carbonyl (C=O) groups excluding carboxylic acids is 1. The molecule has 0 bridgehead atoms. The van der Waals surface area contributed by atoms with E-state index in [2.05, 4.69) is 10.0 Å². The minimum absolute atomic E-state index is 0.0436. The molecule has 3 N–H and O–H groups in total. The molecule has 1 aliphatic heterocycles. The summed E-state index contributed by atoms with van der Waals surface area (Å²) in [5, 5.41) is 11.8. The van der Waals surface area contributed by atoms with Gasteiger partial charge in [-0.05, 0) is 18.2 Å². The first kappa shape index (κ1) is 19.3. The fourth-order valence-corrected chi connectivity index (χ4v) is 3.40. The fraction of sp³-hybridized carbons (Fsp3) is 0.467. The van der Waals surface area contributed by atoms with Gasteiger partial charge < -0.3 is 19.9 Å². The Morgan fingerprint density at radius 1 is 1.40 bits per heavy atom. The maximum absolute atomic E-state index is 12.4. The van der Waals surface area contributed by atoms with Crippen LogP contribution in [0.1, 0.15) is 16.8 Å². The van der Waals surface area contributed by atoms with Gasteiger partial charge in [0.15, 0.2) is 5.54 Å². The molecule has 1 fully saturated rings. The van der Waals surface area contributed by atoms with E-state index in [1.54, 1.807) is 0 Å². The van der Waals surface area contributed by atoms with Crippen LogP contribution in [0.4, 0.5) is 0 Å². The number of carbonyl (C=O) groups is 2. The van der Waals surface area contributed by atoms with E-state index in [4.69, 9.17) is 9.47 Å². The molecule has 1 atom stereocenters. The summed E-state index contributed by atoms with van der Waals surface area (Å²) in [6, 6.07) is 5.36. The van der Waals surface area contributed by atoms with Crippen molar-refractivity contribution in [2.75, 3.05) is 33.5 Å². The molecule has 1 aromatic rings. The van der Waals surface area contributed by atoms with Crippen molar-refractivity contribution >= 4 is 21.9 Å². The average Bonchev–Trinajstić information content (AvgIpc) is 3.05. The van der Waals surface area contributed by atoms with E-state index in [9.17, 15) is 23.1 Å². The second-order valence-electron chi connectivity index (χ2n) is 5.56. The molecule has 0 aliphatic carbocycles. The van der Waals surface area contributed by atoms with Gasteiger partial charge in [0.25, 0.3) is 5.91 Å². The molecule has 1 amide bonds. The van der Waals surface area contributed by atoms with Crippen molar-refractivity contribution in [1.82, 2.24) is 10.0 Å². The number of ether oxygens (including phenoxy) is 2. The van der Waals surface area contributed by atoms with Crippen molar-refractivity contribution in [1.29, 1.82) is 0 Å². The van der Waals surface area contributed by atoms with Gasteiger partial charge in [-0.3, -0.25) is 4.79 Å². The Labute approximate surface area is 145 Å². The molecular formula is C15H20N2O7S. The molecule has 25 heavy (non-hydrogen) atoms. The van der Waals surface area contributed by atoms with Crippen LogP contribution in [0.3, 0.4) is 0 Å². The van der Waals surface area contributed by atoms with Gasteiger partial charge in [0, 0.05) is 32.2 Å². The number of carboxylic acids is 1. The number of nitrogens with one attached hydrogen (secondary N) is 2. The third-order valence-corrected chi connectivity index (χ3v) is 5.25. The van der Waals surface area contributed by atoms with E-state index in [0.717, 1.165) is 0 Å². The van der Waals surface area contributed by atoms with Crippen molar-refractivity contribution in [2.24, 2.45) is 0 Å². The number of sulfonamides is 1. The Hall–Kier alpha value is -2.01. The molecule has 0 radical (unpaired) electrons. The molecule has 0 spiro atoms. The second-order valence-corrected chi connectivity index (χ2v) is 7.33. The molecule has 10 heteroatoms.